The number of carbonyl (C=O) groups excluding carboxylic acids is 1. The number of amides is 1. The van der Waals surface area contributed by atoms with Gasteiger partial charge >= 0.3 is 0 Å². The van der Waals surface area contributed by atoms with E-state index in [0.29, 0.717) is 31.3 Å². The molecule has 1 amide bonds. The number of benzene rings is 2. The van der Waals surface area contributed by atoms with Crippen LogP contribution in [0.1, 0.15) is 12.7 Å². The van der Waals surface area contributed by atoms with Crippen LogP contribution in [-0.4, -0.2) is 40.1 Å². The number of carbonyl (C=O) groups is 1. The molecule has 1 aromatic heterocycles. The molecule has 0 bridgehead atoms. The molecule has 0 aliphatic carbocycles. The minimum absolute atomic E-state index is 0.0843. The van der Waals surface area contributed by atoms with E-state index in [-0.39, 0.29) is 11.9 Å². The summed E-state index contributed by atoms with van der Waals surface area (Å²) in [6, 6.07) is 19.7. The van der Waals surface area contributed by atoms with Gasteiger partial charge in [0.1, 0.15) is 0 Å². The molecule has 0 radical (unpaired) electrons. The van der Waals surface area contributed by atoms with E-state index in [1.165, 1.54) is 0 Å². The van der Waals surface area contributed by atoms with Crippen LogP contribution in [0, 0.1) is 0 Å². The summed E-state index contributed by atoms with van der Waals surface area (Å²) in [6.45, 7) is 3.59. The molecule has 132 valence electrons. The lowest BCUT2D eigenvalue weighted by molar-refractivity contribution is -0.122. The zero-order chi connectivity index (χ0) is 17.9. The number of piperazine rings is 1. The van der Waals surface area contributed by atoms with Crippen LogP contribution in [0.3, 0.4) is 0 Å². The largest absolute Gasteiger partial charge is 0.334 e. The third-order valence-corrected chi connectivity index (χ3v) is 4.61. The van der Waals surface area contributed by atoms with E-state index >= 15 is 0 Å². The average molecular weight is 348 g/mol. The normalized spacial score (nSPS) is 18.3. The predicted molar refractivity (Wildman–Crippen MR) is 98.4 cm³/mol. The predicted octanol–water partition coefficient (Wildman–Crippen LogP) is 2.97. The average Bonchev–Trinajstić information content (AvgIpc) is 3.14. The fourth-order valence-corrected chi connectivity index (χ4v) is 3.16. The molecule has 1 fully saturated rings. The van der Waals surface area contributed by atoms with E-state index in [2.05, 4.69) is 22.0 Å². The summed E-state index contributed by atoms with van der Waals surface area (Å²) in [5, 5.41) is 4.07. The van der Waals surface area contributed by atoms with Gasteiger partial charge < -0.3 is 9.42 Å². The smallest absolute Gasteiger partial charge is 0.257 e. The Kier molecular flexibility index (Phi) is 4.50. The summed E-state index contributed by atoms with van der Waals surface area (Å²) in [5.74, 6) is 1.18. The topological polar surface area (TPSA) is 62.5 Å². The van der Waals surface area contributed by atoms with Gasteiger partial charge in [-0.1, -0.05) is 41.6 Å². The Bertz CT molecular complexity index is 879. The highest BCUT2D eigenvalue weighted by Crippen LogP contribution is 2.22. The van der Waals surface area contributed by atoms with Gasteiger partial charge in [-0.25, -0.2) is 0 Å². The van der Waals surface area contributed by atoms with Gasteiger partial charge in [-0.2, -0.15) is 4.98 Å². The third kappa shape index (κ3) is 3.36. The first-order chi connectivity index (χ1) is 12.7. The number of aromatic nitrogens is 2. The Labute approximate surface area is 152 Å². The molecule has 6 nitrogen and oxygen atoms in total. The fraction of sp³-hybridized carbons (Fsp3) is 0.250. The molecule has 2 aromatic carbocycles. The Balaban J connectivity index is 1.45. The number of nitrogens with zero attached hydrogens (tertiary/aromatic N) is 4. The fourth-order valence-electron chi connectivity index (χ4n) is 3.16. The van der Waals surface area contributed by atoms with Crippen LogP contribution in [0.15, 0.2) is 65.2 Å². The van der Waals surface area contributed by atoms with Crippen LogP contribution in [0.25, 0.3) is 11.5 Å². The maximum Gasteiger partial charge on any atom is 0.257 e. The number of hydrogen-bond acceptors (Lipinski definition) is 5. The standard InChI is InChI=1S/C20H20N4O2/c1-15-12-24(17-10-6-3-7-11-17)19(25)14-23(15)13-18-21-20(26-22-18)16-8-4-2-5-9-16/h2-11,15H,12-14H2,1H3/t15-/m1/s1. The number of para-hydroxylation sites is 1. The molecule has 6 heteroatoms. The highest BCUT2D eigenvalue weighted by molar-refractivity contribution is 5.95. The van der Waals surface area contributed by atoms with Gasteiger partial charge in [0.2, 0.25) is 5.91 Å². The first kappa shape index (κ1) is 16.5. The molecule has 1 aliphatic heterocycles. The van der Waals surface area contributed by atoms with Gasteiger partial charge in [-0.3, -0.25) is 9.69 Å². The molecular formula is C20H20N4O2. The lowest BCUT2D eigenvalue weighted by Crippen LogP contribution is -2.54. The van der Waals surface area contributed by atoms with Crippen molar-refractivity contribution < 1.29 is 9.32 Å². The van der Waals surface area contributed by atoms with Crippen molar-refractivity contribution in [3.8, 4) is 11.5 Å². The van der Waals surface area contributed by atoms with Crippen molar-refractivity contribution in [1.82, 2.24) is 15.0 Å². The Morgan fingerprint density at radius 3 is 2.50 bits per heavy atom. The molecule has 1 aliphatic rings. The van der Waals surface area contributed by atoms with Crippen LogP contribution in [0.2, 0.25) is 0 Å². The zero-order valence-corrected chi connectivity index (χ0v) is 14.6. The first-order valence-corrected chi connectivity index (χ1v) is 8.68. The number of hydrogen-bond donors (Lipinski definition) is 0. The highest BCUT2D eigenvalue weighted by atomic mass is 16.5. The van der Waals surface area contributed by atoms with Crippen molar-refractivity contribution in [3.05, 3.63) is 66.5 Å². The summed E-state index contributed by atoms with van der Waals surface area (Å²) in [7, 11) is 0. The van der Waals surface area contributed by atoms with Crippen LogP contribution >= 0.6 is 0 Å². The van der Waals surface area contributed by atoms with Crippen molar-refractivity contribution in [2.45, 2.75) is 19.5 Å². The summed E-state index contributed by atoms with van der Waals surface area (Å²) in [6.07, 6.45) is 0. The maximum atomic E-state index is 12.6. The van der Waals surface area contributed by atoms with Crippen molar-refractivity contribution in [2.75, 3.05) is 18.0 Å². The summed E-state index contributed by atoms with van der Waals surface area (Å²) in [4.78, 5) is 21.0. The second-order valence-electron chi connectivity index (χ2n) is 6.48. The second-order valence-corrected chi connectivity index (χ2v) is 6.48. The molecule has 2 heterocycles. The van der Waals surface area contributed by atoms with Crippen molar-refractivity contribution >= 4 is 11.6 Å². The van der Waals surface area contributed by atoms with E-state index in [9.17, 15) is 4.79 Å². The summed E-state index contributed by atoms with van der Waals surface area (Å²) < 4.78 is 5.36. The molecular weight excluding hydrogens is 328 g/mol. The van der Waals surface area contributed by atoms with Gasteiger partial charge in [0.05, 0.1) is 13.1 Å². The quantitative estimate of drug-likeness (QED) is 0.725. The lowest BCUT2D eigenvalue weighted by atomic mass is 10.1. The van der Waals surface area contributed by atoms with Crippen LogP contribution in [-0.2, 0) is 11.3 Å². The van der Waals surface area contributed by atoms with Crippen LogP contribution in [0.5, 0.6) is 0 Å². The lowest BCUT2D eigenvalue weighted by Gasteiger charge is -2.38. The van der Waals surface area contributed by atoms with E-state index in [1.807, 2.05) is 65.6 Å². The molecule has 1 atom stereocenters. The van der Waals surface area contributed by atoms with Gasteiger partial charge in [-0.05, 0) is 31.2 Å². The molecule has 3 aromatic rings. The summed E-state index contributed by atoms with van der Waals surface area (Å²) >= 11 is 0. The monoisotopic (exact) mass is 348 g/mol. The number of anilines is 1. The van der Waals surface area contributed by atoms with Gasteiger partial charge in [0.25, 0.3) is 5.89 Å². The minimum Gasteiger partial charge on any atom is -0.334 e. The molecule has 26 heavy (non-hydrogen) atoms. The maximum absolute atomic E-state index is 12.6. The van der Waals surface area contributed by atoms with E-state index in [1.54, 1.807) is 0 Å². The van der Waals surface area contributed by atoms with Gasteiger partial charge in [-0.15, -0.1) is 0 Å². The molecule has 0 saturated carbocycles. The molecule has 0 unspecified atom stereocenters. The van der Waals surface area contributed by atoms with Crippen LogP contribution in [0.4, 0.5) is 5.69 Å². The Morgan fingerprint density at radius 1 is 1.08 bits per heavy atom. The zero-order valence-electron chi connectivity index (χ0n) is 14.6. The van der Waals surface area contributed by atoms with E-state index in [0.717, 1.165) is 11.3 Å². The van der Waals surface area contributed by atoms with Crippen molar-refractivity contribution in [3.63, 3.8) is 0 Å². The first-order valence-electron chi connectivity index (χ1n) is 8.68. The van der Waals surface area contributed by atoms with Crippen LogP contribution < -0.4 is 4.90 Å². The molecule has 0 spiro atoms. The van der Waals surface area contributed by atoms with E-state index < -0.39 is 0 Å². The third-order valence-electron chi connectivity index (χ3n) is 4.61. The summed E-state index contributed by atoms with van der Waals surface area (Å²) in [5.41, 5.74) is 1.83. The minimum atomic E-state index is 0.0843. The second kappa shape index (κ2) is 7.09. The SMILES string of the molecule is C[C@@H]1CN(c2ccccc2)C(=O)CN1Cc1noc(-c2ccccc2)n1. The Morgan fingerprint density at radius 2 is 1.77 bits per heavy atom. The van der Waals surface area contributed by atoms with Gasteiger partial charge in [0.15, 0.2) is 5.82 Å². The van der Waals surface area contributed by atoms with E-state index in [4.69, 9.17) is 4.52 Å². The molecule has 1 saturated heterocycles. The van der Waals surface area contributed by atoms with Gasteiger partial charge in [0, 0.05) is 23.8 Å². The highest BCUT2D eigenvalue weighted by Gasteiger charge is 2.31. The Hall–Kier alpha value is -2.99. The number of rotatable bonds is 4. The van der Waals surface area contributed by atoms with Crippen molar-refractivity contribution in [1.29, 1.82) is 0 Å². The van der Waals surface area contributed by atoms with Crippen molar-refractivity contribution in [2.24, 2.45) is 0 Å². The molecule has 4 rings (SSSR count). The molecule has 0 N–H and O–H groups in total.